The lowest BCUT2D eigenvalue weighted by molar-refractivity contribution is -0.703. The van der Waals surface area contributed by atoms with E-state index >= 15 is 0 Å². The van der Waals surface area contributed by atoms with Crippen LogP contribution in [0.1, 0.15) is 0 Å². The second-order valence-electron chi connectivity index (χ2n) is 2.19. The van der Waals surface area contributed by atoms with Gasteiger partial charge in [0, 0.05) is 6.07 Å². The number of hydrogen-bond donors (Lipinski definition) is 0. The van der Waals surface area contributed by atoms with E-state index in [0.29, 0.717) is 5.28 Å². The zero-order valence-corrected chi connectivity index (χ0v) is 6.65. The van der Waals surface area contributed by atoms with Gasteiger partial charge in [0.05, 0.1) is 6.20 Å². The molecule has 2 aromatic heterocycles. The highest BCUT2D eigenvalue weighted by Crippen LogP contribution is 2.02. The third-order valence-electron chi connectivity index (χ3n) is 1.47. The Bertz CT molecular complexity index is 358. The van der Waals surface area contributed by atoms with E-state index in [2.05, 4.69) is 10.2 Å². The van der Waals surface area contributed by atoms with Gasteiger partial charge < -0.3 is 0 Å². The first kappa shape index (κ1) is 6.54. The summed E-state index contributed by atoms with van der Waals surface area (Å²) in [5, 5.41) is 8.35. The molecule has 0 atom stereocenters. The van der Waals surface area contributed by atoms with Crippen molar-refractivity contribution in [3.63, 3.8) is 0 Å². The van der Waals surface area contributed by atoms with E-state index in [-0.39, 0.29) is 0 Å². The fraction of sp³-hybridized carbons (Fsp3) is 0.167. The van der Waals surface area contributed by atoms with Crippen LogP contribution in [0.4, 0.5) is 0 Å². The summed E-state index contributed by atoms with van der Waals surface area (Å²) in [6.45, 7) is 0. The zero-order valence-electron chi connectivity index (χ0n) is 5.90. The largest absolute Gasteiger partial charge is 0.356 e. The quantitative estimate of drug-likeness (QED) is 0.529. The minimum Gasteiger partial charge on any atom is -0.130 e. The summed E-state index contributed by atoms with van der Waals surface area (Å²) >= 11 is 5.75. The molecular weight excluding hydrogens is 164 g/mol. The van der Waals surface area contributed by atoms with Crippen molar-refractivity contribution in [1.82, 2.24) is 14.7 Å². The van der Waals surface area contributed by atoms with Crippen molar-refractivity contribution in [2.24, 2.45) is 7.05 Å². The topological polar surface area (TPSA) is 34.1 Å². The van der Waals surface area contributed by atoms with Gasteiger partial charge in [0.2, 0.25) is 0 Å². The van der Waals surface area contributed by atoms with Gasteiger partial charge >= 0.3 is 10.9 Å². The van der Waals surface area contributed by atoms with Crippen LogP contribution in [0.3, 0.4) is 0 Å². The number of rotatable bonds is 0. The fourth-order valence-electron chi connectivity index (χ4n) is 0.968. The van der Waals surface area contributed by atoms with Crippen molar-refractivity contribution < 1.29 is 4.68 Å². The van der Waals surface area contributed by atoms with E-state index in [1.165, 1.54) is 0 Å². The highest BCUT2D eigenvalue weighted by molar-refractivity contribution is 6.28. The molecule has 0 aliphatic heterocycles. The second-order valence-corrected chi connectivity index (χ2v) is 2.52. The van der Waals surface area contributed by atoms with Crippen molar-refractivity contribution in [3.8, 4) is 0 Å². The molecule has 0 unspecified atom stereocenters. The molecule has 0 fully saturated rings. The maximum Gasteiger partial charge on any atom is 0.356 e. The molecule has 0 aliphatic carbocycles. The molecule has 5 heteroatoms. The molecule has 2 heterocycles. The Balaban J connectivity index is 2.95. The molecule has 0 N–H and O–H groups in total. The molecule has 11 heavy (non-hydrogen) atoms. The van der Waals surface area contributed by atoms with E-state index in [4.69, 9.17) is 11.6 Å². The normalized spacial score (nSPS) is 10.7. The lowest BCUT2D eigenvalue weighted by atomic mass is 10.6. The van der Waals surface area contributed by atoms with Crippen molar-refractivity contribution in [3.05, 3.63) is 23.6 Å². The van der Waals surface area contributed by atoms with Gasteiger partial charge in [-0.1, -0.05) is 9.61 Å². The van der Waals surface area contributed by atoms with Crippen LogP contribution in [0.15, 0.2) is 18.3 Å². The summed E-state index contributed by atoms with van der Waals surface area (Å²) in [4.78, 5) is 0. The Morgan fingerprint density at radius 3 is 3.18 bits per heavy atom. The van der Waals surface area contributed by atoms with Crippen LogP contribution >= 0.6 is 11.6 Å². The summed E-state index contributed by atoms with van der Waals surface area (Å²) in [6, 6.07) is 3.74. The van der Waals surface area contributed by atoms with Gasteiger partial charge in [0.1, 0.15) is 7.05 Å². The van der Waals surface area contributed by atoms with Gasteiger partial charge in [0.25, 0.3) is 0 Å². The van der Waals surface area contributed by atoms with E-state index in [0.717, 1.165) is 5.65 Å². The van der Waals surface area contributed by atoms with Crippen molar-refractivity contribution in [2.75, 3.05) is 0 Å². The van der Waals surface area contributed by atoms with E-state index in [1.807, 2.05) is 19.2 Å². The lowest BCUT2D eigenvalue weighted by Gasteiger charge is -1.80. The maximum atomic E-state index is 5.75. The Hall–Kier alpha value is -1.16. The summed E-state index contributed by atoms with van der Waals surface area (Å²) in [6.07, 6.45) is 1.67. The number of halogens is 1. The average Bonchev–Trinajstić information content (AvgIpc) is 2.30. The average molecular weight is 170 g/mol. The monoisotopic (exact) mass is 169 g/mol. The summed E-state index contributed by atoms with van der Waals surface area (Å²) in [5.41, 5.74) is 0.873. The molecule has 0 saturated carbocycles. The molecule has 4 nitrogen and oxygen atoms in total. The third-order valence-corrected chi connectivity index (χ3v) is 1.71. The van der Waals surface area contributed by atoms with Crippen LogP contribution in [0.2, 0.25) is 5.28 Å². The first-order valence-electron chi connectivity index (χ1n) is 3.14. The number of aryl methyl sites for hydroxylation is 1. The third kappa shape index (κ3) is 0.867. The maximum absolute atomic E-state index is 5.75. The molecule has 0 aromatic carbocycles. The van der Waals surface area contributed by atoms with Gasteiger partial charge in [-0.15, -0.1) is 4.68 Å². The smallest absolute Gasteiger partial charge is 0.130 e. The first-order valence-corrected chi connectivity index (χ1v) is 3.52. The van der Waals surface area contributed by atoms with Crippen LogP contribution in [0, 0.1) is 0 Å². The first-order chi connectivity index (χ1) is 5.29. The molecule has 0 amide bonds. The Morgan fingerprint density at radius 1 is 1.64 bits per heavy atom. The van der Waals surface area contributed by atoms with Crippen LogP contribution in [0.25, 0.3) is 5.65 Å². The van der Waals surface area contributed by atoms with Gasteiger partial charge in [-0.25, -0.2) is 0 Å². The van der Waals surface area contributed by atoms with Crippen LogP contribution < -0.4 is 4.68 Å². The molecule has 0 bridgehead atoms. The minimum atomic E-state index is 0.378. The lowest BCUT2D eigenvalue weighted by Crippen LogP contribution is -2.30. The van der Waals surface area contributed by atoms with E-state index in [9.17, 15) is 0 Å². The summed E-state index contributed by atoms with van der Waals surface area (Å²) < 4.78 is 3.25. The highest BCUT2D eigenvalue weighted by atomic mass is 35.5. The molecule has 2 rings (SSSR count). The molecule has 56 valence electrons. The number of hydrogen-bond acceptors (Lipinski definition) is 2. The number of aromatic nitrogens is 4. The second kappa shape index (κ2) is 2.17. The predicted molar refractivity (Wildman–Crippen MR) is 39.2 cm³/mol. The molecule has 0 spiro atoms. The predicted octanol–water partition coefficient (Wildman–Crippen LogP) is 0.207. The molecule has 0 saturated heterocycles. The van der Waals surface area contributed by atoms with E-state index < -0.39 is 0 Å². The van der Waals surface area contributed by atoms with Crippen molar-refractivity contribution in [1.29, 1.82) is 0 Å². The van der Waals surface area contributed by atoms with Crippen LogP contribution in [-0.4, -0.2) is 14.7 Å². The standard InChI is InChI=1S/C6H6ClN4/c1-10-5-3-2-4-8-11(5)6(7)9-10/h2-4H,1H3/q+1. The van der Waals surface area contributed by atoms with Crippen molar-refractivity contribution >= 4 is 17.2 Å². The fourth-order valence-corrected chi connectivity index (χ4v) is 1.21. The van der Waals surface area contributed by atoms with Gasteiger partial charge in [-0.3, -0.25) is 0 Å². The van der Waals surface area contributed by atoms with Gasteiger partial charge in [-0.2, -0.15) is 0 Å². The molecule has 2 aromatic rings. The molecule has 0 radical (unpaired) electrons. The summed E-state index contributed by atoms with van der Waals surface area (Å²) in [7, 11) is 1.82. The van der Waals surface area contributed by atoms with Gasteiger partial charge in [-0.05, 0) is 22.8 Å². The van der Waals surface area contributed by atoms with Crippen molar-refractivity contribution in [2.45, 2.75) is 0 Å². The Labute approximate surface area is 68.0 Å². The van der Waals surface area contributed by atoms with Crippen LogP contribution in [0.5, 0.6) is 0 Å². The Kier molecular flexibility index (Phi) is 1.29. The Morgan fingerprint density at radius 2 is 2.45 bits per heavy atom. The number of nitrogens with zero attached hydrogens (tertiary/aromatic N) is 4. The molecular formula is C6H6ClN4+. The minimum absolute atomic E-state index is 0.378. The SMILES string of the molecule is C[n+]1nc(Cl)n2ncccc21. The van der Waals surface area contributed by atoms with Gasteiger partial charge in [0.15, 0.2) is 0 Å². The van der Waals surface area contributed by atoms with E-state index in [1.54, 1.807) is 15.4 Å². The molecule has 0 aliphatic rings. The summed E-state index contributed by atoms with van der Waals surface area (Å²) in [5.74, 6) is 0. The van der Waals surface area contributed by atoms with Crippen LogP contribution in [-0.2, 0) is 7.05 Å². The highest BCUT2D eigenvalue weighted by Gasteiger charge is 2.13. The number of fused-ring (bicyclic) bond motifs is 1. The zero-order chi connectivity index (χ0) is 7.84.